The number of pyridine rings is 1. The molecule has 1 fully saturated rings. The minimum atomic E-state index is -0.134. The minimum absolute atomic E-state index is 0.134. The van der Waals surface area contributed by atoms with Crippen LogP contribution < -0.4 is 5.32 Å². The summed E-state index contributed by atoms with van der Waals surface area (Å²) in [6.45, 7) is 3.31. The maximum Gasteiger partial charge on any atom is 0.254 e. The molecule has 0 unspecified atom stereocenters. The number of ether oxygens (including phenoxy) is 1. The Labute approximate surface area is 142 Å². The maximum atomic E-state index is 12.2. The van der Waals surface area contributed by atoms with Crippen LogP contribution in [0.5, 0.6) is 0 Å². The fourth-order valence-electron chi connectivity index (χ4n) is 3.08. The Morgan fingerprint density at radius 1 is 1.38 bits per heavy atom. The fraction of sp³-hybridized carbons (Fsp3) is 0.500. The van der Waals surface area contributed by atoms with Crippen molar-refractivity contribution in [1.82, 2.24) is 20.1 Å². The van der Waals surface area contributed by atoms with Gasteiger partial charge in [0.25, 0.3) is 5.91 Å². The molecule has 24 heavy (non-hydrogen) atoms. The van der Waals surface area contributed by atoms with E-state index in [0.717, 1.165) is 12.1 Å². The van der Waals surface area contributed by atoms with Gasteiger partial charge < -0.3 is 10.1 Å². The minimum Gasteiger partial charge on any atom is -0.376 e. The first-order valence-electron chi connectivity index (χ1n) is 8.59. The topological polar surface area (TPSA) is 69.0 Å². The normalized spacial score (nSPS) is 20.7. The van der Waals surface area contributed by atoms with E-state index in [9.17, 15) is 4.79 Å². The molecule has 6 heteroatoms. The lowest BCUT2D eigenvalue weighted by atomic mass is 9.88. The second-order valence-corrected chi connectivity index (χ2v) is 6.31. The van der Waals surface area contributed by atoms with E-state index in [2.05, 4.69) is 22.3 Å². The number of hydrogen-bond donors (Lipinski definition) is 1. The zero-order chi connectivity index (χ0) is 16.8. The molecule has 0 saturated heterocycles. The number of amides is 1. The van der Waals surface area contributed by atoms with E-state index in [1.54, 1.807) is 29.5 Å². The molecule has 0 radical (unpaired) electrons. The molecule has 0 bridgehead atoms. The summed E-state index contributed by atoms with van der Waals surface area (Å²) in [5, 5.41) is 7.09. The van der Waals surface area contributed by atoms with Crippen LogP contribution in [0.15, 0.2) is 36.9 Å². The van der Waals surface area contributed by atoms with Crippen LogP contribution in [-0.2, 0) is 4.74 Å². The number of rotatable bonds is 6. The molecule has 2 atom stereocenters. The number of carbonyl (C=O) groups is 1. The monoisotopic (exact) mass is 328 g/mol. The lowest BCUT2D eigenvalue weighted by molar-refractivity contribution is -0.00293. The van der Waals surface area contributed by atoms with Crippen molar-refractivity contribution in [2.75, 3.05) is 13.2 Å². The van der Waals surface area contributed by atoms with Gasteiger partial charge in [0.1, 0.15) is 0 Å². The van der Waals surface area contributed by atoms with E-state index in [1.165, 1.54) is 19.3 Å². The van der Waals surface area contributed by atoms with Gasteiger partial charge in [-0.2, -0.15) is 5.10 Å². The van der Waals surface area contributed by atoms with E-state index in [-0.39, 0.29) is 5.91 Å². The van der Waals surface area contributed by atoms with Crippen molar-refractivity contribution in [3.8, 4) is 5.69 Å². The van der Waals surface area contributed by atoms with E-state index in [4.69, 9.17) is 4.74 Å². The molecule has 6 nitrogen and oxygen atoms in total. The number of nitrogens with zero attached hydrogens (tertiary/aromatic N) is 3. The highest BCUT2D eigenvalue weighted by Gasteiger charge is 2.21. The Morgan fingerprint density at radius 2 is 2.25 bits per heavy atom. The van der Waals surface area contributed by atoms with Crippen molar-refractivity contribution < 1.29 is 9.53 Å². The van der Waals surface area contributed by atoms with Gasteiger partial charge in [-0.15, -0.1) is 0 Å². The number of hydrogen-bond acceptors (Lipinski definition) is 4. The molecule has 128 valence electrons. The van der Waals surface area contributed by atoms with Gasteiger partial charge in [0, 0.05) is 18.9 Å². The summed E-state index contributed by atoms with van der Waals surface area (Å²) >= 11 is 0. The molecule has 0 aromatic carbocycles. The molecule has 2 aromatic rings. The van der Waals surface area contributed by atoms with Gasteiger partial charge in [-0.1, -0.05) is 19.8 Å². The van der Waals surface area contributed by atoms with E-state index in [0.29, 0.717) is 30.7 Å². The van der Waals surface area contributed by atoms with Gasteiger partial charge in [-0.05, 0) is 30.9 Å². The van der Waals surface area contributed by atoms with Crippen LogP contribution in [0.4, 0.5) is 0 Å². The smallest absolute Gasteiger partial charge is 0.254 e. The number of carbonyl (C=O) groups excluding carboxylic acids is 1. The predicted octanol–water partition coefficient (Wildman–Crippen LogP) is 2.59. The Hall–Kier alpha value is -2.21. The highest BCUT2D eigenvalue weighted by Crippen LogP contribution is 2.25. The van der Waals surface area contributed by atoms with Crippen LogP contribution in [-0.4, -0.2) is 39.9 Å². The Bertz CT molecular complexity index is 656. The molecule has 0 aliphatic heterocycles. The molecule has 1 aliphatic rings. The van der Waals surface area contributed by atoms with E-state index < -0.39 is 0 Å². The average Bonchev–Trinajstić information content (AvgIpc) is 3.11. The summed E-state index contributed by atoms with van der Waals surface area (Å²) in [5.41, 5.74) is 1.36. The zero-order valence-corrected chi connectivity index (χ0v) is 14.0. The first kappa shape index (κ1) is 16.6. The summed E-state index contributed by atoms with van der Waals surface area (Å²) in [5.74, 6) is 0.484. The lowest BCUT2D eigenvalue weighted by Crippen LogP contribution is -2.31. The van der Waals surface area contributed by atoms with Crippen molar-refractivity contribution in [3.63, 3.8) is 0 Å². The number of aromatic nitrogens is 3. The van der Waals surface area contributed by atoms with Crippen LogP contribution in [0.3, 0.4) is 0 Å². The van der Waals surface area contributed by atoms with Crippen LogP contribution in [0, 0.1) is 5.92 Å². The molecule has 2 heterocycles. The Kier molecular flexibility index (Phi) is 5.59. The van der Waals surface area contributed by atoms with E-state index in [1.807, 2.05) is 12.1 Å². The summed E-state index contributed by atoms with van der Waals surface area (Å²) in [6.07, 6.45) is 11.9. The van der Waals surface area contributed by atoms with Gasteiger partial charge in [0.15, 0.2) is 0 Å². The van der Waals surface area contributed by atoms with Gasteiger partial charge in [0.05, 0.1) is 36.4 Å². The lowest BCUT2D eigenvalue weighted by Gasteiger charge is -2.28. The summed E-state index contributed by atoms with van der Waals surface area (Å²) < 4.78 is 7.55. The van der Waals surface area contributed by atoms with Crippen LogP contribution in [0.25, 0.3) is 5.69 Å². The molecule has 1 N–H and O–H groups in total. The highest BCUT2D eigenvalue weighted by atomic mass is 16.5. The highest BCUT2D eigenvalue weighted by molar-refractivity contribution is 5.93. The van der Waals surface area contributed by atoms with Gasteiger partial charge in [-0.25, -0.2) is 4.68 Å². The van der Waals surface area contributed by atoms with Crippen LogP contribution in [0.2, 0.25) is 0 Å². The summed E-state index contributed by atoms with van der Waals surface area (Å²) in [4.78, 5) is 16.2. The molecule has 3 rings (SSSR count). The van der Waals surface area contributed by atoms with E-state index >= 15 is 0 Å². The second kappa shape index (κ2) is 8.06. The molecule has 1 amide bonds. The third-order valence-electron chi connectivity index (χ3n) is 4.51. The summed E-state index contributed by atoms with van der Waals surface area (Å²) in [7, 11) is 0. The molecule has 1 saturated carbocycles. The SMILES string of the molecule is C[C@H]1CCCC[C@@H]1OCCNC(=O)c1cnn(-c2cccnc2)c1. The van der Waals surface area contributed by atoms with Gasteiger partial charge in [0.2, 0.25) is 0 Å². The maximum absolute atomic E-state index is 12.2. The molecule has 1 aliphatic carbocycles. The molecule has 2 aromatic heterocycles. The first-order valence-corrected chi connectivity index (χ1v) is 8.59. The zero-order valence-electron chi connectivity index (χ0n) is 14.0. The average molecular weight is 328 g/mol. The standard InChI is InChI=1S/C18H24N4O2/c1-14-5-2-3-7-17(14)24-10-9-20-18(23)15-11-21-22(13-15)16-6-4-8-19-12-16/h4,6,8,11-14,17H,2-3,5,7,9-10H2,1H3,(H,20,23)/t14-,17-/m0/s1. The molecular formula is C18H24N4O2. The third-order valence-corrected chi connectivity index (χ3v) is 4.51. The molecular weight excluding hydrogens is 304 g/mol. The quantitative estimate of drug-likeness (QED) is 0.828. The van der Waals surface area contributed by atoms with Crippen molar-refractivity contribution in [3.05, 3.63) is 42.5 Å². The predicted molar refractivity (Wildman–Crippen MR) is 91.1 cm³/mol. The second-order valence-electron chi connectivity index (χ2n) is 6.31. The first-order chi connectivity index (χ1) is 11.7. The van der Waals surface area contributed by atoms with Crippen molar-refractivity contribution in [2.24, 2.45) is 5.92 Å². The van der Waals surface area contributed by atoms with Crippen molar-refractivity contribution in [1.29, 1.82) is 0 Å². The Balaban J connectivity index is 1.45. The largest absolute Gasteiger partial charge is 0.376 e. The number of nitrogens with one attached hydrogen (secondary N) is 1. The third kappa shape index (κ3) is 4.20. The van der Waals surface area contributed by atoms with Crippen molar-refractivity contribution >= 4 is 5.91 Å². The summed E-state index contributed by atoms with van der Waals surface area (Å²) in [6, 6.07) is 3.72. The van der Waals surface area contributed by atoms with Crippen molar-refractivity contribution in [2.45, 2.75) is 38.7 Å². The van der Waals surface area contributed by atoms with Gasteiger partial charge >= 0.3 is 0 Å². The Morgan fingerprint density at radius 3 is 3.04 bits per heavy atom. The fourth-order valence-corrected chi connectivity index (χ4v) is 3.08. The van der Waals surface area contributed by atoms with Crippen LogP contribution >= 0.6 is 0 Å². The van der Waals surface area contributed by atoms with Crippen LogP contribution in [0.1, 0.15) is 43.0 Å². The molecule has 0 spiro atoms. The van der Waals surface area contributed by atoms with Gasteiger partial charge in [-0.3, -0.25) is 9.78 Å².